The molecule has 0 saturated carbocycles. The van der Waals surface area contributed by atoms with Gasteiger partial charge in [0.15, 0.2) is 11.5 Å². The number of ether oxygens (including phenoxy) is 4. The van der Waals surface area contributed by atoms with Gasteiger partial charge in [0.25, 0.3) is 0 Å². The van der Waals surface area contributed by atoms with Crippen LogP contribution in [-0.2, 0) is 35.1 Å². The van der Waals surface area contributed by atoms with E-state index in [4.69, 9.17) is 40.8 Å². The van der Waals surface area contributed by atoms with Crippen LogP contribution in [0.3, 0.4) is 0 Å². The number of hydrogen-bond donors (Lipinski definition) is 5. The number of carbonyl (C=O) groups is 3. The van der Waals surface area contributed by atoms with Gasteiger partial charge in [0.2, 0.25) is 11.8 Å². The van der Waals surface area contributed by atoms with Crippen molar-refractivity contribution in [2.24, 2.45) is 40.6 Å². The molecule has 0 aliphatic heterocycles. The van der Waals surface area contributed by atoms with E-state index in [0.717, 1.165) is 12.0 Å². The van der Waals surface area contributed by atoms with Gasteiger partial charge < -0.3 is 35.7 Å². The Kier molecular flexibility index (Phi) is 21.1. The van der Waals surface area contributed by atoms with Gasteiger partial charge in [0, 0.05) is 45.1 Å². The maximum Gasteiger partial charge on any atom is 0.306 e. The van der Waals surface area contributed by atoms with Gasteiger partial charge in [-0.05, 0) is 81.4 Å². The van der Waals surface area contributed by atoms with Crippen molar-refractivity contribution < 1.29 is 48.6 Å². The number of rotatable bonds is 27. The maximum atomic E-state index is 13.5. The molecule has 4 atom stereocenters. The highest BCUT2D eigenvalue weighted by atomic mass is 17.1. The topological polar surface area (TPSA) is 205 Å². The Bertz CT molecular complexity index is 1150. The maximum absolute atomic E-state index is 13.5. The summed E-state index contributed by atoms with van der Waals surface area (Å²) < 4.78 is 22.7. The summed E-state index contributed by atoms with van der Waals surface area (Å²) in [5, 5.41) is 19.9. The predicted octanol–water partition coefficient (Wildman–Crippen LogP) is 4.42. The van der Waals surface area contributed by atoms with Crippen LogP contribution in [0.1, 0.15) is 92.1 Å². The number of nitrogens with two attached hydrogens (primary N) is 2. The third-order valence-electron chi connectivity index (χ3n) is 8.99. The summed E-state index contributed by atoms with van der Waals surface area (Å²) in [6.07, 6.45) is 3.16. The summed E-state index contributed by atoms with van der Waals surface area (Å²) in [5.74, 6) is -0.223. The minimum atomic E-state index is -0.933. The molecule has 2 amide bonds. The van der Waals surface area contributed by atoms with E-state index >= 15 is 0 Å². The fourth-order valence-corrected chi connectivity index (χ4v) is 5.43. The summed E-state index contributed by atoms with van der Waals surface area (Å²) in [4.78, 5) is 43.0. The fraction of sp³-hybridized carbons (Fsp3) is 0.750. The number of methoxy groups -OCH3 is 2. The van der Waals surface area contributed by atoms with Crippen LogP contribution < -0.4 is 26.3 Å². The molecule has 0 aromatic heterocycles. The first-order valence-electron chi connectivity index (χ1n) is 17.6. The van der Waals surface area contributed by atoms with Gasteiger partial charge in [-0.15, -0.1) is 0 Å². The first-order valence-corrected chi connectivity index (χ1v) is 17.6. The molecular weight excluding hydrogens is 648 g/mol. The van der Waals surface area contributed by atoms with Crippen molar-refractivity contribution in [3.8, 4) is 11.5 Å². The van der Waals surface area contributed by atoms with Crippen molar-refractivity contribution in [3.63, 3.8) is 0 Å². The van der Waals surface area contributed by atoms with Gasteiger partial charge in [-0.1, -0.05) is 40.2 Å². The lowest BCUT2D eigenvalue weighted by atomic mass is 9.80. The van der Waals surface area contributed by atoms with Crippen LogP contribution in [0.4, 0.5) is 0 Å². The van der Waals surface area contributed by atoms with Gasteiger partial charge in [0.1, 0.15) is 6.10 Å². The monoisotopic (exact) mass is 712 g/mol. The zero-order chi connectivity index (χ0) is 37.9. The number of amides is 2. The van der Waals surface area contributed by atoms with Gasteiger partial charge in [-0.25, -0.2) is 0 Å². The average Bonchev–Trinajstić information content (AvgIpc) is 3.04. The molecule has 4 unspecified atom stereocenters. The Morgan fingerprint density at radius 1 is 0.920 bits per heavy atom. The molecule has 14 nitrogen and oxygen atoms in total. The largest absolute Gasteiger partial charge is 0.493 e. The predicted molar refractivity (Wildman–Crippen MR) is 188 cm³/mol. The molecule has 0 aliphatic carbocycles. The number of hydrogen-bond acceptors (Lipinski definition) is 12. The summed E-state index contributed by atoms with van der Waals surface area (Å²) in [5.41, 5.74) is 12.5. The van der Waals surface area contributed by atoms with E-state index < -0.39 is 35.4 Å². The molecule has 0 radical (unpaired) electrons. The number of nitrogens with one attached hydrogen (secondary N) is 1. The Morgan fingerprint density at radius 2 is 1.62 bits per heavy atom. The van der Waals surface area contributed by atoms with E-state index in [9.17, 15) is 14.4 Å². The number of primary amides is 1. The number of carbonyl (C=O) groups excluding carboxylic acids is 3. The fourth-order valence-electron chi connectivity index (χ4n) is 5.43. The summed E-state index contributed by atoms with van der Waals surface area (Å²) in [6, 6.07) is 5.32. The van der Waals surface area contributed by atoms with Gasteiger partial charge >= 0.3 is 5.97 Å². The summed E-state index contributed by atoms with van der Waals surface area (Å²) >= 11 is 0. The van der Waals surface area contributed by atoms with Gasteiger partial charge in [0.05, 0.1) is 31.1 Å². The Morgan fingerprint density at radius 3 is 2.20 bits per heavy atom. The summed E-state index contributed by atoms with van der Waals surface area (Å²) in [7, 11) is 3.26. The van der Waals surface area contributed by atoms with Crippen LogP contribution in [0.2, 0.25) is 0 Å². The van der Waals surface area contributed by atoms with E-state index in [1.807, 2.05) is 32.0 Å². The van der Waals surface area contributed by atoms with E-state index in [-0.39, 0.29) is 55.0 Å². The second-order valence-corrected chi connectivity index (χ2v) is 14.3. The molecule has 0 heterocycles. The second-order valence-electron chi connectivity index (χ2n) is 14.3. The van der Waals surface area contributed by atoms with Crippen molar-refractivity contribution in [1.82, 2.24) is 10.7 Å². The minimum Gasteiger partial charge on any atom is -0.493 e. The molecule has 0 saturated heterocycles. The molecule has 1 rings (SSSR count). The van der Waals surface area contributed by atoms with E-state index in [1.165, 1.54) is 0 Å². The number of benzene rings is 1. The molecule has 0 bridgehead atoms. The molecule has 0 fully saturated rings. The van der Waals surface area contributed by atoms with Crippen molar-refractivity contribution >= 4 is 17.8 Å². The Balaban J connectivity index is 3.18. The molecular formula is C36H64N4O10. The zero-order valence-corrected chi connectivity index (χ0v) is 31.4. The average molecular weight is 713 g/mol. The normalized spacial score (nSPS) is 14.4. The molecule has 50 heavy (non-hydrogen) atoms. The SMILES string of the molecule is COCCCOc1cc(CC(CC(N)C(CC(C(=O)NCC(C)(C)C(N)=O)C(C)C)OC(=O)CCCCCON(O)O)C(C)C)ccc1OC. The summed E-state index contributed by atoms with van der Waals surface area (Å²) in [6.45, 7) is 12.7. The Labute approximate surface area is 298 Å². The van der Waals surface area contributed by atoms with Crippen LogP contribution in [0.25, 0.3) is 0 Å². The van der Waals surface area contributed by atoms with Crippen LogP contribution in [0.15, 0.2) is 18.2 Å². The van der Waals surface area contributed by atoms with Crippen molar-refractivity contribution in [2.45, 2.75) is 105 Å². The highest BCUT2D eigenvalue weighted by Gasteiger charge is 2.34. The first kappa shape index (κ1) is 45.0. The van der Waals surface area contributed by atoms with Gasteiger partial charge in [-0.2, -0.15) is 0 Å². The van der Waals surface area contributed by atoms with Crippen LogP contribution in [0.5, 0.6) is 11.5 Å². The highest BCUT2D eigenvalue weighted by molar-refractivity contribution is 5.83. The number of esters is 1. The standard InChI is InChI=1S/C36H64N4O10/c1-24(2)27(19-26-14-15-30(47-8)32(20-26)48-17-12-16-46-7)21-29(37)31(50-33(41)13-10-9-11-18-49-40(44)45)22-28(25(3)4)34(42)39-23-36(5,6)35(38)43/h14-15,20,24-25,27-29,31,44-45H,9-13,16-19,21-23,37H2,1-8H3,(H2,38,43)(H,39,42). The number of unbranched alkanes of at least 4 members (excludes halogenated alkanes) is 2. The number of nitrogens with zero attached hydrogens (tertiary/aromatic N) is 1. The van der Waals surface area contributed by atoms with Gasteiger partial charge in [-0.3, -0.25) is 29.6 Å². The first-order chi connectivity index (χ1) is 23.5. The van der Waals surface area contributed by atoms with Crippen molar-refractivity contribution in [1.29, 1.82) is 0 Å². The second kappa shape index (κ2) is 23.5. The molecule has 1 aromatic rings. The van der Waals surface area contributed by atoms with Crippen LogP contribution in [-0.4, -0.2) is 86.3 Å². The molecule has 0 aliphatic rings. The quantitative estimate of drug-likeness (QED) is 0.0489. The minimum absolute atomic E-state index is 0.0737. The lowest BCUT2D eigenvalue weighted by Gasteiger charge is -2.33. The molecule has 14 heteroatoms. The highest BCUT2D eigenvalue weighted by Crippen LogP contribution is 2.32. The molecule has 7 N–H and O–H groups in total. The molecule has 1 aromatic carbocycles. The third-order valence-corrected chi connectivity index (χ3v) is 8.99. The molecule has 288 valence electrons. The van der Waals surface area contributed by atoms with E-state index in [0.29, 0.717) is 56.8 Å². The lowest BCUT2D eigenvalue weighted by Crippen LogP contribution is -2.47. The smallest absolute Gasteiger partial charge is 0.306 e. The van der Waals surface area contributed by atoms with Crippen LogP contribution >= 0.6 is 0 Å². The lowest BCUT2D eigenvalue weighted by molar-refractivity contribution is -0.492. The van der Waals surface area contributed by atoms with Crippen molar-refractivity contribution in [3.05, 3.63) is 23.8 Å². The van der Waals surface area contributed by atoms with Crippen LogP contribution in [0, 0.1) is 29.1 Å². The zero-order valence-electron chi connectivity index (χ0n) is 31.4. The van der Waals surface area contributed by atoms with Crippen molar-refractivity contribution in [2.75, 3.05) is 40.6 Å². The van der Waals surface area contributed by atoms with E-state index in [2.05, 4.69) is 24.0 Å². The third kappa shape index (κ3) is 17.3. The van der Waals surface area contributed by atoms with E-state index in [1.54, 1.807) is 28.1 Å². The molecule has 0 spiro atoms. The Hall–Kier alpha value is -3.01.